The fourth-order valence-electron chi connectivity index (χ4n) is 9.28. The van der Waals surface area contributed by atoms with Crippen LogP contribution in [0.2, 0.25) is 37.8 Å². The summed E-state index contributed by atoms with van der Waals surface area (Å²) in [5.74, 6) is 2.20. The fraction of sp³-hybridized carbons (Fsp3) is 0.889. The van der Waals surface area contributed by atoms with Gasteiger partial charge in [0.15, 0.2) is 26.5 Å². The Kier molecular flexibility index (Phi) is 10.3. The highest BCUT2D eigenvalue weighted by molar-refractivity contribution is 7.92. The summed E-state index contributed by atoms with van der Waals surface area (Å²) in [4.78, 5) is 0. The van der Waals surface area contributed by atoms with Gasteiger partial charge in [-0.15, -0.1) is 0 Å². The van der Waals surface area contributed by atoms with E-state index in [9.17, 15) is 8.42 Å². The van der Waals surface area contributed by atoms with Crippen LogP contribution in [-0.2, 0) is 18.7 Å². The third-order valence-electron chi connectivity index (χ3n) is 12.1. The molecule has 2 fully saturated rings. The van der Waals surface area contributed by atoms with Crippen molar-refractivity contribution in [3.05, 3.63) is 22.8 Å². The van der Waals surface area contributed by atoms with Gasteiger partial charge in [0.2, 0.25) is 0 Å². The lowest BCUT2D eigenvalue weighted by atomic mass is 9.60. The van der Waals surface area contributed by atoms with E-state index in [1.807, 2.05) is 0 Å². The smallest absolute Gasteiger partial charge is 0.192 e. The van der Waals surface area contributed by atoms with E-state index in [4.69, 9.17) is 8.85 Å². The van der Waals surface area contributed by atoms with Crippen molar-refractivity contribution in [3.63, 3.8) is 0 Å². The van der Waals surface area contributed by atoms with Crippen molar-refractivity contribution in [2.24, 2.45) is 23.2 Å². The maximum atomic E-state index is 13.7. The first-order chi connectivity index (χ1) is 19.5. The molecule has 0 bridgehead atoms. The minimum atomic E-state index is -3.19. The van der Waals surface area contributed by atoms with Crippen LogP contribution in [0.25, 0.3) is 0 Å². The van der Waals surface area contributed by atoms with Gasteiger partial charge in [0.25, 0.3) is 0 Å². The molecule has 2 unspecified atom stereocenters. The summed E-state index contributed by atoms with van der Waals surface area (Å²) in [5, 5.41) is -0.224. The van der Waals surface area contributed by atoms with Gasteiger partial charge in [-0.25, -0.2) is 8.42 Å². The molecule has 6 atom stereocenters. The largest absolute Gasteiger partial charge is 0.414 e. The van der Waals surface area contributed by atoms with Crippen LogP contribution in [0.5, 0.6) is 0 Å². The number of rotatable bonds is 10. The van der Waals surface area contributed by atoms with Gasteiger partial charge in [-0.05, 0) is 138 Å². The molecule has 4 aliphatic rings. The van der Waals surface area contributed by atoms with Crippen molar-refractivity contribution in [3.8, 4) is 0 Å². The molecule has 4 rings (SSSR count). The van der Waals surface area contributed by atoms with E-state index in [1.165, 1.54) is 55.2 Å². The van der Waals surface area contributed by atoms with Crippen LogP contribution in [0.1, 0.15) is 119 Å². The average molecular weight is 651 g/mol. The molecule has 0 aromatic rings. The zero-order valence-electron chi connectivity index (χ0n) is 30.0. The van der Waals surface area contributed by atoms with Gasteiger partial charge < -0.3 is 8.85 Å². The average Bonchev–Trinajstić information content (AvgIpc) is 3.29. The van der Waals surface area contributed by atoms with Crippen LogP contribution >= 0.6 is 0 Å². The van der Waals surface area contributed by atoms with Gasteiger partial charge in [0, 0.05) is 6.10 Å². The van der Waals surface area contributed by atoms with Crippen molar-refractivity contribution in [1.29, 1.82) is 0 Å². The molecular formula is C36H66O4SSi2. The molecule has 0 aromatic heterocycles. The molecule has 0 saturated heterocycles. The Balaban J connectivity index is 1.45. The molecule has 7 heteroatoms. The number of fused-ring (bicyclic) bond motifs is 1. The zero-order chi connectivity index (χ0) is 32.2. The van der Waals surface area contributed by atoms with Crippen molar-refractivity contribution in [2.75, 3.05) is 5.75 Å². The molecule has 0 radical (unpaired) electrons. The standard InChI is InChI=1S/C36H66O4SSi2/c1-26(15-13-21-35(5,6)40-42(8,9)10)31-19-20-32-27(16-14-22-36(31,32)7)24-33-30-18-17-29(23-28(30)25-41(33,37)38)39-43(11,12)34(2,3)4/h24,26,29,31-33H,13-23,25H2,1-12H3/b27-24+/t26-,29?,31+,32-,33?,36+/m0/s1. The van der Waals surface area contributed by atoms with Gasteiger partial charge in [0.1, 0.15) is 5.25 Å². The van der Waals surface area contributed by atoms with Gasteiger partial charge in [-0.1, -0.05) is 64.7 Å². The number of hydrogen-bond donors (Lipinski definition) is 0. The quantitative estimate of drug-likeness (QED) is 0.174. The summed E-state index contributed by atoms with van der Waals surface area (Å²) >= 11 is 0. The van der Waals surface area contributed by atoms with E-state index in [-0.39, 0.29) is 22.5 Å². The molecule has 1 heterocycles. The highest BCUT2D eigenvalue weighted by Crippen LogP contribution is 2.60. The molecular weight excluding hydrogens is 585 g/mol. The van der Waals surface area contributed by atoms with Crippen molar-refractivity contribution in [2.45, 2.75) is 174 Å². The second kappa shape index (κ2) is 12.4. The molecule has 0 amide bonds. The first kappa shape index (κ1) is 35.6. The van der Waals surface area contributed by atoms with Crippen molar-refractivity contribution >= 4 is 26.5 Å². The van der Waals surface area contributed by atoms with Crippen molar-refractivity contribution in [1.82, 2.24) is 0 Å². The third kappa shape index (κ3) is 8.02. The lowest BCUT2D eigenvalue weighted by Crippen LogP contribution is -2.44. The van der Waals surface area contributed by atoms with Crippen LogP contribution < -0.4 is 0 Å². The molecule has 3 aliphatic carbocycles. The lowest BCUT2D eigenvalue weighted by Gasteiger charge is -2.45. The molecule has 248 valence electrons. The molecule has 2 saturated carbocycles. The molecule has 0 spiro atoms. The van der Waals surface area contributed by atoms with Gasteiger partial charge in [-0.3, -0.25) is 0 Å². The second-order valence-electron chi connectivity index (χ2n) is 18.3. The summed E-state index contributed by atoms with van der Waals surface area (Å²) in [6.45, 7) is 27.9. The van der Waals surface area contributed by atoms with Gasteiger partial charge >= 0.3 is 0 Å². The summed E-state index contributed by atoms with van der Waals surface area (Å²) < 4.78 is 40.6. The van der Waals surface area contributed by atoms with E-state index in [2.05, 4.69) is 87.3 Å². The van der Waals surface area contributed by atoms with Gasteiger partial charge in [-0.2, -0.15) is 0 Å². The predicted molar refractivity (Wildman–Crippen MR) is 188 cm³/mol. The molecule has 0 aromatic carbocycles. The maximum absolute atomic E-state index is 13.7. The van der Waals surface area contributed by atoms with E-state index >= 15 is 0 Å². The highest BCUT2D eigenvalue weighted by atomic mass is 32.2. The first-order valence-electron chi connectivity index (χ1n) is 17.6. The lowest BCUT2D eigenvalue weighted by molar-refractivity contribution is 0.0734. The second-order valence-corrected chi connectivity index (χ2v) is 29.6. The minimum Gasteiger partial charge on any atom is -0.414 e. The Morgan fingerprint density at radius 1 is 1.02 bits per heavy atom. The number of hydrogen-bond acceptors (Lipinski definition) is 4. The molecule has 4 nitrogen and oxygen atoms in total. The van der Waals surface area contributed by atoms with E-state index in [0.29, 0.717) is 17.3 Å². The maximum Gasteiger partial charge on any atom is 0.192 e. The Hall–Kier alpha value is -0.216. The number of sulfone groups is 1. The van der Waals surface area contributed by atoms with Crippen LogP contribution in [0, 0.1) is 23.2 Å². The van der Waals surface area contributed by atoms with Crippen LogP contribution in [0.3, 0.4) is 0 Å². The Morgan fingerprint density at radius 2 is 1.70 bits per heavy atom. The summed E-state index contributed by atoms with van der Waals surface area (Å²) in [7, 11) is -6.62. The minimum absolute atomic E-state index is 0.0383. The van der Waals surface area contributed by atoms with Crippen LogP contribution in [-0.4, -0.2) is 47.8 Å². The molecule has 43 heavy (non-hydrogen) atoms. The molecule has 0 N–H and O–H groups in total. The Bertz CT molecular complexity index is 1190. The summed E-state index contributed by atoms with van der Waals surface area (Å²) in [6, 6.07) is 0. The monoisotopic (exact) mass is 650 g/mol. The third-order valence-corrected chi connectivity index (χ3v) is 19.8. The summed E-state index contributed by atoms with van der Waals surface area (Å²) in [5.41, 5.74) is 4.12. The predicted octanol–water partition coefficient (Wildman–Crippen LogP) is 10.2. The topological polar surface area (TPSA) is 52.6 Å². The summed E-state index contributed by atoms with van der Waals surface area (Å²) in [6.07, 6.45) is 14.8. The van der Waals surface area contributed by atoms with Crippen molar-refractivity contribution < 1.29 is 17.3 Å². The van der Waals surface area contributed by atoms with Crippen LogP contribution in [0.4, 0.5) is 0 Å². The Labute approximate surface area is 268 Å². The zero-order valence-corrected chi connectivity index (χ0v) is 32.8. The van der Waals surface area contributed by atoms with E-state index in [0.717, 1.165) is 38.0 Å². The normalized spacial score (nSPS) is 33.5. The van der Waals surface area contributed by atoms with E-state index in [1.54, 1.807) is 0 Å². The molecule has 1 aliphatic heterocycles. The van der Waals surface area contributed by atoms with Gasteiger partial charge in [0.05, 0.1) is 11.4 Å². The van der Waals surface area contributed by atoms with Crippen LogP contribution in [0.15, 0.2) is 22.8 Å². The van der Waals surface area contributed by atoms with E-state index < -0.39 is 31.7 Å². The number of allylic oxidation sites excluding steroid dienone is 1. The fourth-order valence-corrected chi connectivity index (χ4v) is 14.5. The first-order valence-corrected chi connectivity index (χ1v) is 25.6. The highest BCUT2D eigenvalue weighted by Gasteiger charge is 2.51. The Morgan fingerprint density at radius 3 is 2.33 bits per heavy atom. The SMILES string of the molecule is C[C@@H](CCCC(C)(C)O[Si](C)(C)C)[C@H]1CC[C@H]2/C(=C/C3C4=C(CC(O[Si](C)(C)C(C)(C)C)CC4)CS3(=O)=O)CCC[C@]12C.